The molecule has 1 unspecified atom stereocenters. The summed E-state index contributed by atoms with van der Waals surface area (Å²) in [7, 11) is 1.82. The Morgan fingerprint density at radius 1 is 1.25 bits per heavy atom. The van der Waals surface area contributed by atoms with Gasteiger partial charge in [0, 0.05) is 24.4 Å². The van der Waals surface area contributed by atoms with E-state index >= 15 is 0 Å². The zero-order valence-corrected chi connectivity index (χ0v) is 13.0. The molecule has 0 bridgehead atoms. The van der Waals surface area contributed by atoms with Crippen molar-refractivity contribution in [1.29, 1.82) is 0 Å². The molecule has 1 atom stereocenters. The largest absolute Gasteiger partial charge is 0.341 e. The van der Waals surface area contributed by atoms with Crippen molar-refractivity contribution in [3.8, 4) is 0 Å². The van der Waals surface area contributed by atoms with E-state index in [1.54, 1.807) is 16.2 Å². The van der Waals surface area contributed by atoms with Gasteiger partial charge in [-0.05, 0) is 17.0 Å². The number of hydrogen-bond donors (Lipinski definition) is 1. The fourth-order valence-electron chi connectivity index (χ4n) is 1.89. The zero-order valence-electron chi connectivity index (χ0n) is 11.4. The summed E-state index contributed by atoms with van der Waals surface area (Å²) >= 11 is 1.66. The molecule has 0 spiro atoms. The number of halogens is 1. The first kappa shape index (κ1) is 16.7. The normalized spacial score (nSPS) is 11.5. The Bertz CT molecular complexity index is 516. The van der Waals surface area contributed by atoms with Crippen molar-refractivity contribution in [1.82, 2.24) is 4.90 Å². The van der Waals surface area contributed by atoms with E-state index in [9.17, 15) is 4.79 Å². The average molecular weight is 311 g/mol. The van der Waals surface area contributed by atoms with Crippen molar-refractivity contribution < 1.29 is 4.79 Å². The van der Waals surface area contributed by atoms with E-state index in [2.05, 4.69) is 0 Å². The van der Waals surface area contributed by atoms with Crippen LogP contribution in [0.15, 0.2) is 47.8 Å². The third-order valence-electron chi connectivity index (χ3n) is 3.02. The summed E-state index contributed by atoms with van der Waals surface area (Å²) in [5, 5.41) is 2.02. The SMILES string of the molecule is CN(Cc1cccs1)C(=O)CC(N)c1ccccc1.Cl. The molecular formula is C15H19ClN2OS. The molecular weight excluding hydrogens is 292 g/mol. The number of hydrogen-bond acceptors (Lipinski definition) is 3. The molecule has 3 nitrogen and oxygen atoms in total. The minimum Gasteiger partial charge on any atom is -0.341 e. The summed E-state index contributed by atoms with van der Waals surface area (Å²) in [6.07, 6.45) is 0.339. The van der Waals surface area contributed by atoms with Gasteiger partial charge in [0.2, 0.25) is 5.91 Å². The van der Waals surface area contributed by atoms with Crippen LogP contribution in [-0.2, 0) is 11.3 Å². The summed E-state index contributed by atoms with van der Waals surface area (Å²) in [6.45, 7) is 0.651. The van der Waals surface area contributed by atoms with Crippen LogP contribution in [0.25, 0.3) is 0 Å². The highest BCUT2D eigenvalue weighted by atomic mass is 35.5. The fourth-order valence-corrected chi connectivity index (χ4v) is 2.64. The van der Waals surface area contributed by atoms with E-state index < -0.39 is 0 Å². The third-order valence-corrected chi connectivity index (χ3v) is 3.88. The first-order valence-corrected chi connectivity index (χ1v) is 7.11. The molecule has 0 aliphatic rings. The van der Waals surface area contributed by atoms with Crippen molar-refractivity contribution in [2.75, 3.05) is 7.05 Å². The number of amides is 1. The quantitative estimate of drug-likeness (QED) is 0.921. The Hall–Kier alpha value is -1.36. The van der Waals surface area contributed by atoms with E-state index in [0.29, 0.717) is 13.0 Å². The molecule has 2 rings (SSSR count). The van der Waals surface area contributed by atoms with Gasteiger partial charge in [0.25, 0.3) is 0 Å². The Labute approximate surface area is 129 Å². The van der Waals surface area contributed by atoms with Gasteiger partial charge in [-0.25, -0.2) is 0 Å². The molecule has 0 saturated heterocycles. The van der Waals surface area contributed by atoms with Crippen LogP contribution >= 0.6 is 23.7 Å². The lowest BCUT2D eigenvalue weighted by Gasteiger charge is -2.19. The number of thiophene rings is 1. The minimum absolute atomic E-state index is 0. The molecule has 0 fully saturated rings. The van der Waals surface area contributed by atoms with Crippen molar-refractivity contribution in [3.63, 3.8) is 0 Å². The van der Waals surface area contributed by atoms with Gasteiger partial charge in [0.05, 0.1) is 6.54 Å². The maximum atomic E-state index is 12.1. The van der Waals surface area contributed by atoms with Crippen molar-refractivity contribution in [2.24, 2.45) is 5.73 Å². The molecule has 1 heterocycles. The van der Waals surface area contributed by atoms with Crippen LogP contribution < -0.4 is 5.73 Å². The van der Waals surface area contributed by atoms with Gasteiger partial charge in [0.15, 0.2) is 0 Å². The van der Waals surface area contributed by atoms with E-state index in [-0.39, 0.29) is 24.4 Å². The fraction of sp³-hybridized carbons (Fsp3) is 0.267. The predicted molar refractivity (Wildman–Crippen MR) is 86.0 cm³/mol. The Morgan fingerprint density at radius 3 is 2.55 bits per heavy atom. The molecule has 1 aromatic heterocycles. The smallest absolute Gasteiger partial charge is 0.224 e. The summed E-state index contributed by atoms with van der Waals surface area (Å²) in [6, 6.07) is 13.5. The van der Waals surface area contributed by atoms with Crippen molar-refractivity contribution >= 4 is 29.7 Å². The molecule has 2 N–H and O–H groups in total. The Morgan fingerprint density at radius 2 is 1.95 bits per heavy atom. The van der Waals surface area contributed by atoms with Gasteiger partial charge in [0.1, 0.15) is 0 Å². The van der Waals surface area contributed by atoms with Crippen molar-refractivity contribution in [3.05, 3.63) is 58.3 Å². The number of benzene rings is 1. The maximum Gasteiger partial charge on any atom is 0.224 e. The summed E-state index contributed by atoms with van der Waals surface area (Å²) in [5.74, 6) is 0.0738. The Kier molecular flexibility index (Phi) is 6.71. The standard InChI is InChI=1S/C15H18N2OS.ClH/c1-17(11-13-8-5-9-19-13)15(18)10-14(16)12-6-3-2-4-7-12;/h2-9,14H,10-11,16H2,1H3;1H. The zero-order chi connectivity index (χ0) is 13.7. The number of nitrogens with zero attached hydrogens (tertiary/aromatic N) is 1. The molecule has 2 aromatic rings. The summed E-state index contributed by atoms with van der Waals surface area (Å²) in [4.78, 5) is 15.0. The van der Waals surface area contributed by atoms with Crippen LogP contribution in [0.4, 0.5) is 0 Å². The number of rotatable bonds is 5. The molecule has 5 heteroatoms. The molecule has 0 aliphatic heterocycles. The Balaban J connectivity index is 0.00000200. The molecule has 0 saturated carbocycles. The van der Waals surface area contributed by atoms with E-state index in [0.717, 1.165) is 5.56 Å². The van der Waals surface area contributed by atoms with Crippen LogP contribution in [0, 0.1) is 0 Å². The molecule has 0 aliphatic carbocycles. The lowest BCUT2D eigenvalue weighted by molar-refractivity contribution is -0.130. The topological polar surface area (TPSA) is 46.3 Å². The lowest BCUT2D eigenvalue weighted by atomic mass is 10.0. The predicted octanol–water partition coefficient (Wildman–Crippen LogP) is 3.22. The second kappa shape index (κ2) is 8.04. The number of nitrogens with two attached hydrogens (primary N) is 1. The summed E-state index contributed by atoms with van der Waals surface area (Å²) in [5.41, 5.74) is 7.06. The van der Waals surface area contributed by atoms with E-state index in [1.807, 2.05) is 54.9 Å². The second-order valence-electron chi connectivity index (χ2n) is 4.55. The van der Waals surface area contributed by atoms with Crippen LogP contribution in [0.3, 0.4) is 0 Å². The highest BCUT2D eigenvalue weighted by Crippen LogP contribution is 2.16. The summed E-state index contributed by atoms with van der Waals surface area (Å²) < 4.78 is 0. The first-order valence-electron chi connectivity index (χ1n) is 6.23. The second-order valence-corrected chi connectivity index (χ2v) is 5.58. The monoisotopic (exact) mass is 310 g/mol. The third kappa shape index (κ3) is 4.63. The van der Waals surface area contributed by atoms with Gasteiger partial charge < -0.3 is 10.6 Å². The average Bonchev–Trinajstić information content (AvgIpc) is 2.92. The highest BCUT2D eigenvalue weighted by Gasteiger charge is 2.15. The molecule has 1 aromatic carbocycles. The van der Waals surface area contributed by atoms with E-state index in [1.165, 1.54) is 4.88 Å². The van der Waals surface area contributed by atoms with Gasteiger partial charge >= 0.3 is 0 Å². The van der Waals surface area contributed by atoms with E-state index in [4.69, 9.17) is 5.73 Å². The van der Waals surface area contributed by atoms with Crippen molar-refractivity contribution in [2.45, 2.75) is 19.0 Å². The van der Waals surface area contributed by atoms with Crippen LogP contribution in [0.1, 0.15) is 22.9 Å². The first-order chi connectivity index (χ1) is 9.16. The lowest BCUT2D eigenvalue weighted by Crippen LogP contribution is -2.29. The molecule has 108 valence electrons. The van der Waals surface area contributed by atoms with Gasteiger partial charge in [-0.15, -0.1) is 23.7 Å². The molecule has 0 radical (unpaired) electrons. The van der Waals surface area contributed by atoms with Gasteiger partial charge in [-0.3, -0.25) is 4.79 Å². The minimum atomic E-state index is -0.237. The van der Waals surface area contributed by atoms with Crippen LogP contribution in [0.2, 0.25) is 0 Å². The number of carbonyl (C=O) groups excluding carboxylic acids is 1. The highest BCUT2D eigenvalue weighted by molar-refractivity contribution is 7.09. The number of carbonyl (C=O) groups is 1. The maximum absolute atomic E-state index is 12.1. The van der Waals surface area contributed by atoms with Gasteiger partial charge in [-0.2, -0.15) is 0 Å². The molecule has 1 amide bonds. The van der Waals surface area contributed by atoms with Gasteiger partial charge in [-0.1, -0.05) is 36.4 Å². The van der Waals surface area contributed by atoms with Crippen LogP contribution in [-0.4, -0.2) is 17.9 Å². The van der Waals surface area contributed by atoms with Crippen LogP contribution in [0.5, 0.6) is 0 Å². The molecule has 20 heavy (non-hydrogen) atoms.